The van der Waals surface area contributed by atoms with Crippen LogP contribution in [0.2, 0.25) is 0 Å². The molecule has 3 aromatic rings. The van der Waals surface area contributed by atoms with Crippen molar-refractivity contribution in [3.63, 3.8) is 0 Å². The van der Waals surface area contributed by atoms with Crippen LogP contribution in [-0.2, 0) is 7.05 Å². The minimum Gasteiger partial charge on any atom is -0.338 e. The maximum absolute atomic E-state index is 12.8. The van der Waals surface area contributed by atoms with Crippen molar-refractivity contribution in [3.05, 3.63) is 71.6 Å². The lowest BCUT2D eigenvalue weighted by atomic mass is 9.96. The van der Waals surface area contributed by atoms with Crippen LogP contribution < -0.4 is 5.32 Å². The molecule has 1 saturated heterocycles. The third-order valence-corrected chi connectivity index (χ3v) is 5.30. The summed E-state index contributed by atoms with van der Waals surface area (Å²) in [6.45, 7) is 3.08. The first kappa shape index (κ1) is 19.8. The summed E-state index contributed by atoms with van der Waals surface area (Å²) >= 11 is 0. The number of nitrogens with zero attached hydrogens (tertiary/aromatic N) is 5. The zero-order valence-electron chi connectivity index (χ0n) is 17.1. The Hall–Kier alpha value is -3.55. The topological polar surface area (TPSA) is 93.0 Å². The van der Waals surface area contributed by atoms with Gasteiger partial charge in [0.1, 0.15) is 5.82 Å². The molecule has 0 radical (unpaired) electrons. The molecular formula is C22H24N6O2. The zero-order chi connectivity index (χ0) is 21.1. The van der Waals surface area contributed by atoms with E-state index in [1.807, 2.05) is 42.2 Å². The summed E-state index contributed by atoms with van der Waals surface area (Å²) in [4.78, 5) is 36.2. The number of likely N-dealkylation sites (tertiary alicyclic amines) is 1. The highest BCUT2D eigenvalue weighted by Crippen LogP contribution is 2.26. The summed E-state index contributed by atoms with van der Waals surface area (Å²) in [6, 6.07) is 9.29. The number of carbonyl (C=O) groups excluding carboxylic acids is 2. The highest BCUT2D eigenvalue weighted by atomic mass is 16.2. The molecule has 3 heterocycles. The lowest BCUT2D eigenvalue weighted by molar-refractivity contribution is 0.0704. The van der Waals surface area contributed by atoms with Gasteiger partial charge in [0, 0.05) is 44.1 Å². The molecular weight excluding hydrogens is 380 g/mol. The first-order valence-electron chi connectivity index (χ1n) is 9.99. The summed E-state index contributed by atoms with van der Waals surface area (Å²) in [7, 11) is 1.79. The standard InChI is InChI=1S/C22H24N6O2/c1-15-19(21(29)26-18-8-4-3-5-9-18)12-23-20(25-15)16-7-6-10-28(14-16)22(30)17-11-24-27(2)13-17/h3-5,8-9,11-13,16H,6-7,10,14H2,1-2H3,(H,26,29)/t16-/m1/s1. The maximum atomic E-state index is 12.8. The third-order valence-electron chi connectivity index (χ3n) is 5.30. The van der Waals surface area contributed by atoms with Crippen molar-refractivity contribution < 1.29 is 9.59 Å². The largest absolute Gasteiger partial charge is 0.338 e. The fourth-order valence-electron chi connectivity index (χ4n) is 3.71. The summed E-state index contributed by atoms with van der Waals surface area (Å²) in [5, 5.41) is 6.94. The molecule has 1 N–H and O–H groups in total. The number of carbonyl (C=O) groups is 2. The molecule has 2 aromatic heterocycles. The summed E-state index contributed by atoms with van der Waals surface area (Å²) in [5.41, 5.74) is 2.39. The number of hydrogen-bond acceptors (Lipinski definition) is 5. The molecule has 1 fully saturated rings. The lowest BCUT2D eigenvalue weighted by Gasteiger charge is -2.32. The van der Waals surface area contributed by atoms with E-state index in [4.69, 9.17) is 0 Å². The summed E-state index contributed by atoms with van der Waals surface area (Å²) < 4.78 is 1.63. The molecule has 1 aromatic carbocycles. The van der Waals surface area contributed by atoms with Gasteiger partial charge in [-0.2, -0.15) is 5.10 Å². The van der Waals surface area contributed by atoms with Crippen LogP contribution in [0.15, 0.2) is 48.9 Å². The van der Waals surface area contributed by atoms with E-state index in [-0.39, 0.29) is 17.7 Å². The van der Waals surface area contributed by atoms with Crippen LogP contribution in [0.1, 0.15) is 51.0 Å². The van der Waals surface area contributed by atoms with Gasteiger partial charge in [-0.1, -0.05) is 18.2 Å². The van der Waals surface area contributed by atoms with Gasteiger partial charge in [-0.3, -0.25) is 14.3 Å². The second-order valence-electron chi connectivity index (χ2n) is 7.54. The molecule has 8 heteroatoms. The SMILES string of the molecule is Cc1nc([C@@H]2CCCN(C(=O)c3cnn(C)c3)C2)ncc1C(=O)Nc1ccccc1. The fourth-order valence-corrected chi connectivity index (χ4v) is 3.71. The number of anilines is 1. The predicted molar refractivity (Wildman–Crippen MR) is 112 cm³/mol. The first-order valence-corrected chi connectivity index (χ1v) is 9.99. The van der Waals surface area contributed by atoms with E-state index >= 15 is 0 Å². The Labute approximate surface area is 175 Å². The Balaban J connectivity index is 1.47. The molecule has 0 bridgehead atoms. The number of piperidine rings is 1. The Morgan fingerprint density at radius 3 is 2.67 bits per heavy atom. The van der Waals surface area contributed by atoms with E-state index in [2.05, 4.69) is 20.4 Å². The quantitative estimate of drug-likeness (QED) is 0.722. The van der Waals surface area contributed by atoms with Gasteiger partial charge in [0.2, 0.25) is 0 Å². The summed E-state index contributed by atoms with van der Waals surface area (Å²) in [6.07, 6.45) is 6.69. The number of aryl methyl sites for hydroxylation is 2. The minimum absolute atomic E-state index is 0.0246. The van der Waals surface area contributed by atoms with Gasteiger partial charge in [-0.25, -0.2) is 9.97 Å². The van der Waals surface area contributed by atoms with Crippen LogP contribution in [0.5, 0.6) is 0 Å². The van der Waals surface area contributed by atoms with Crippen molar-refractivity contribution >= 4 is 17.5 Å². The summed E-state index contributed by atoms with van der Waals surface area (Å²) in [5.74, 6) is 0.461. The van der Waals surface area contributed by atoms with Crippen LogP contribution in [0.4, 0.5) is 5.69 Å². The monoisotopic (exact) mass is 404 g/mol. The van der Waals surface area contributed by atoms with Crippen molar-refractivity contribution in [1.29, 1.82) is 0 Å². The fraction of sp³-hybridized carbons (Fsp3) is 0.318. The highest BCUT2D eigenvalue weighted by Gasteiger charge is 2.28. The Morgan fingerprint density at radius 1 is 1.17 bits per heavy atom. The Kier molecular flexibility index (Phi) is 5.56. The number of rotatable bonds is 4. The van der Waals surface area contributed by atoms with E-state index in [0.717, 1.165) is 18.5 Å². The molecule has 1 atom stereocenters. The van der Waals surface area contributed by atoms with E-state index in [9.17, 15) is 9.59 Å². The van der Waals surface area contributed by atoms with Gasteiger partial charge < -0.3 is 10.2 Å². The van der Waals surface area contributed by atoms with E-state index in [1.165, 1.54) is 0 Å². The minimum atomic E-state index is -0.234. The van der Waals surface area contributed by atoms with Crippen molar-refractivity contribution in [1.82, 2.24) is 24.6 Å². The molecule has 154 valence electrons. The van der Waals surface area contributed by atoms with Crippen LogP contribution in [0.3, 0.4) is 0 Å². The molecule has 2 amide bonds. The van der Waals surface area contributed by atoms with Gasteiger partial charge in [0.05, 0.1) is 23.0 Å². The molecule has 0 saturated carbocycles. The number of amides is 2. The van der Waals surface area contributed by atoms with Gasteiger partial charge >= 0.3 is 0 Å². The predicted octanol–water partition coefficient (Wildman–Crippen LogP) is 2.79. The number of benzene rings is 1. The van der Waals surface area contributed by atoms with Crippen LogP contribution in [0.25, 0.3) is 0 Å². The maximum Gasteiger partial charge on any atom is 0.259 e. The molecule has 30 heavy (non-hydrogen) atoms. The van der Waals surface area contributed by atoms with E-state index in [0.29, 0.717) is 35.7 Å². The molecule has 0 aliphatic carbocycles. The normalized spacial score (nSPS) is 16.3. The second-order valence-corrected chi connectivity index (χ2v) is 7.54. The third kappa shape index (κ3) is 4.22. The zero-order valence-corrected chi connectivity index (χ0v) is 17.1. The van der Waals surface area contributed by atoms with E-state index in [1.54, 1.807) is 30.3 Å². The first-order chi connectivity index (χ1) is 14.5. The average molecular weight is 404 g/mol. The molecule has 1 aliphatic rings. The molecule has 8 nitrogen and oxygen atoms in total. The van der Waals surface area contributed by atoms with Crippen molar-refractivity contribution in [2.24, 2.45) is 7.05 Å². The highest BCUT2D eigenvalue weighted by molar-refractivity contribution is 6.04. The van der Waals surface area contributed by atoms with Gasteiger partial charge in [-0.15, -0.1) is 0 Å². The smallest absolute Gasteiger partial charge is 0.259 e. The van der Waals surface area contributed by atoms with E-state index < -0.39 is 0 Å². The van der Waals surface area contributed by atoms with Gasteiger partial charge in [0.15, 0.2) is 0 Å². The van der Waals surface area contributed by atoms with Crippen LogP contribution in [-0.4, -0.2) is 49.6 Å². The number of aromatic nitrogens is 4. The average Bonchev–Trinajstić information content (AvgIpc) is 3.20. The number of hydrogen-bond donors (Lipinski definition) is 1. The van der Waals surface area contributed by atoms with Crippen molar-refractivity contribution in [2.45, 2.75) is 25.7 Å². The molecule has 1 aliphatic heterocycles. The lowest BCUT2D eigenvalue weighted by Crippen LogP contribution is -2.39. The van der Waals surface area contributed by atoms with Crippen molar-refractivity contribution in [3.8, 4) is 0 Å². The van der Waals surface area contributed by atoms with Gasteiger partial charge in [0.25, 0.3) is 11.8 Å². The van der Waals surface area contributed by atoms with Crippen LogP contribution in [0, 0.1) is 6.92 Å². The molecule has 0 unspecified atom stereocenters. The number of nitrogens with one attached hydrogen (secondary N) is 1. The second kappa shape index (κ2) is 8.44. The Morgan fingerprint density at radius 2 is 1.97 bits per heavy atom. The Bertz CT molecular complexity index is 1060. The van der Waals surface area contributed by atoms with Gasteiger partial charge in [-0.05, 0) is 31.9 Å². The number of para-hydroxylation sites is 1. The molecule has 0 spiro atoms. The van der Waals surface area contributed by atoms with Crippen LogP contribution >= 0.6 is 0 Å². The van der Waals surface area contributed by atoms with Crippen molar-refractivity contribution in [2.75, 3.05) is 18.4 Å². The molecule has 4 rings (SSSR count).